The molecule has 0 saturated carbocycles. The zero-order chi connectivity index (χ0) is 9.38. The van der Waals surface area contributed by atoms with Crippen LogP contribution in [-0.2, 0) is 6.54 Å². The molecule has 0 spiro atoms. The van der Waals surface area contributed by atoms with Crippen LogP contribution in [0.25, 0.3) is 11.4 Å². The predicted octanol–water partition coefficient (Wildman–Crippen LogP) is 1.34. The highest BCUT2D eigenvalue weighted by Gasteiger charge is 2.15. The minimum absolute atomic E-state index is 0.669. The Morgan fingerprint density at radius 2 is 2.21 bits per heavy atom. The topological polar surface area (TPSA) is 39.9 Å². The molecule has 14 heavy (non-hydrogen) atoms. The van der Waals surface area contributed by atoms with Crippen LogP contribution in [0.2, 0.25) is 0 Å². The van der Waals surface area contributed by atoms with E-state index in [1.54, 1.807) is 6.33 Å². The smallest absolute Gasteiger partial charge is 0.167 e. The Morgan fingerprint density at radius 1 is 1.29 bits per heavy atom. The van der Waals surface area contributed by atoms with Crippen LogP contribution in [-0.4, -0.2) is 21.4 Å². The Balaban J connectivity index is 2.27. The molecule has 3 rings (SSSR count). The van der Waals surface area contributed by atoms with Gasteiger partial charge in [0.1, 0.15) is 18.7 Å². The Labute approximate surface area is 81.2 Å². The largest absolute Gasteiger partial charge is 0.491 e. The Bertz CT molecular complexity index is 464. The van der Waals surface area contributed by atoms with Crippen molar-refractivity contribution in [3.8, 4) is 17.1 Å². The fraction of sp³-hybridized carbons (Fsp3) is 0.200. The number of fused-ring (bicyclic) bond motifs is 3. The zero-order valence-electron chi connectivity index (χ0n) is 7.55. The van der Waals surface area contributed by atoms with Gasteiger partial charge in [-0.1, -0.05) is 12.1 Å². The van der Waals surface area contributed by atoms with Crippen molar-refractivity contribution in [2.45, 2.75) is 6.54 Å². The monoisotopic (exact) mass is 187 g/mol. The number of ether oxygens (including phenoxy) is 1. The van der Waals surface area contributed by atoms with E-state index >= 15 is 0 Å². The number of para-hydroxylation sites is 1. The number of nitrogens with zero attached hydrogens (tertiary/aromatic N) is 3. The minimum atomic E-state index is 0.669. The first-order chi connectivity index (χ1) is 6.95. The van der Waals surface area contributed by atoms with E-state index < -0.39 is 0 Å². The third-order valence-corrected chi connectivity index (χ3v) is 2.33. The van der Waals surface area contributed by atoms with E-state index in [0.717, 1.165) is 23.7 Å². The maximum absolute atomic E-state index is 5.60. The first-order valence-corrected chi connectivity index (χ1v) is 4.55. The van der Waals surface area contributed by atoms with Crippen LogP contribution < -0.4 is 4.74 Å². The van der Waals surface area contributed by atoms with E-state index in [1.807, 2.05) is 28.8 Å². The molecule has 2 aromatic rings. The van der Waals surface area contributed by atoms with E-state index in [2.05, 4.69) is 10.2 Å². The number of aromatic nitrogens is 3. The van der Waals surface area contributed by atoms with Crippen LogP contribution in [0.3, 0.4) is 0 Å². The summed E-state index contributed by atoms with van der Waals surface area (Å²) in [7, 11) is 0. The molecule has 0 fully saturated rings. The van der Waals surface area contributed by atoms with Crippen molar-refractivity contribution in [3.63, 3.8) is 0 Å². The molecule has 0 saturated heterocycles. The van der Waals surface area contributed by atoms with Crippen LogP contribution in [0.1, 0.15) is 0 Å². The van der Waals surface area contributed by atoms with Crippen LogP contribution in [0.5, 0.6) is 5.75 Å². The molecule has 4 heteroatoms. The second-order valence-corrected chi connectivity index (χ2v) is 3.19. The van der Waals surface area contributed by atoms with Crippen molar-refractivity contribution >= 4 is 0 Å². The standard InChI is InChI=1S/C10H9N3O/c1-2-4-9-8(3-1)10-12-11-7-13(10)5-6-14-9/h1-4,7H,5-6H2. The lowest BCUT2D eigenvalue weighted by molar-refractivity contribution is 0.306. The lowest BCUT2D eigenvalue weighted by Crippen LogP contribution is -2.04. The van der Waals surface area contributed by atoms with Crippen LogP contribution in [0.15, 0.2) is 30.6 Å². The molecule has 70 valence electrons. The molecular weight excluding hydrogens is 178 g/mol. The van der Waals surface area contributed by atoms with Crippen molar-refractivity contribution in [1.29, 1.82) is 0 Å². The lowest BCUT2D eigenvalue weighted by Gasteiger charge is -2.03. The number of hydrogen-bond donors (Lipinski definition) is 0. The number of rotatable bonds is 0. The molecule has 0 N–H and O–H groups in total. The Kier molecular flexibility index (Phi) is 1.53. The van der Waals surface area contributed by atoms with Crippen molar-refractivity contribution in [2.24, 2.45) is 0 Å². The molecule has 1 aliphatic heterocycles. The Hall–Kier alpha value is -1.84. The fourth-order valence-corrected chi connectivity index (χ4v) is 1.66. The van der Waals surface area contributed by atoms with Crippen molar-refractivity contribution in [3.05, 3.63) is 30.6 Å². The molecule has 0 bridgehead atoms. The maximum Gasteiger partial charge on any atom is 0.167 e. The molecule has 0 amide bonds. The second-order valence-electron chi connectivity index (χ2n) is 3.19. The van der Waals surface area contributed by atoms with Gasteiger partial charge in [0.05, 0.1) is 12.1 Å². The van der Waals surface area contributed by atoms with Crippen molar-refractivity contribution in [2.75, 3.05) is 6.61 Å². The summed E-state index contributed by atoms with van der Waals surface area (Å²) in [5, 5.41) is 7.99. The summed E-state index contributed by atoms with van der Waals surface area (Å²) in [4.78, 5) is 0. The van der Waals surface area contributed by atoms with E-state index in [0.29, 0.717) is 6.61 Å². The third-order valence-electron chi connectivity index (χ3n) is 2.33. The van der Waals surface area contributed by atoms with Crippen LogP contribution >= 0.6 is 0 Å². The third kappa shape index (κ3) is 1.00. The normalized spacial score (nSPS) is 13.7. The molecule has 4 nitrogen and oxygen atoms in total. The fourth-order valence-electron chi connectivity index (χ4n) is 1.66. The Morgan fingerprint density at radius 3 is 3.21 bits per heavy atom. The average molecular weight is 187 g/mol. The minimum Gasteiger partial charge on any atom is -0.491 e. The van der Waals surface area contributed by atoms with Gasteiger partial charge in [0.15, 0.2) is 5.82 Å². The maximum atomic E-state index is 5.60. The molecule has 1 aromatic heterocycles. The van der Waals surface area contributed by atoms with Gasteiger partial charge in [0.25, 0.3) is 0 Å². The average Bonchev–Trinajstić information content (AvgIpc) is 2.61. The molecule has 0 aliphatic carbocycles. The van der Waals surface area contributed by atoms with E-state index in [9.17, 15) is 0 Å². The van der Waals surface area contributed by atoms with Crippen molar-refractivity contribution < 1.29 is 4.74 Å². The van der Waals surface area contributed by atoms with Gasteiger partial charge in [0.2, 0.25) is 0 Å². The highest BCUT2D eigenvalue weighted by Crippen LogP contribution is 2.29. The molecular formula is C10H9N3O. The van der Waals surface area contributed by atoms with E-state index in [4.69, 9.17) is 4.74 Å². The number of benzene rings is 1. The molecule has 1 aliphatic rings. The summed E-state index contributed by atoms with van der Waals surface area (Å²) in [5.41, 5.74) is 1.02. The predicted molar refractivity (Wildman–Crippen MR) is 51.0 cm³/mol. The first-order valence-electron chi connectivity index (χ1n) is 4.55. The highest BCUT2D eigenvalue weighted by atomic mass is 16.5. The van der Waals surface area contributed by atoms with Gasteiger partial charge in [0, 0.05) is 0 Å². The van der Waals surface area contributed by atoms with Gasteiger partial charge in [-0.05, 0) is 12.1 Å². The van der Waals surface area contributed by atoms with Gasteiger partial charge < -0.3 is 9.30 Å². The second kappa shape index (κ2) is 2.83. The summed E-state index contributed by atoms with van der Waals surface area (Å²) < 4.78 is 7.61. The molecule has 0 atom stereocenters. The lowest BCUT2D eigenvalue weighted by atomic mass is 10.2. The summed E-state index contributed by atoms with van der Waals surface area (Å²) in [6, 6.07) is 7.90. The van der Waals surface area contributed by atoms with Gasteiger partial charge >= 0.3 is 0 Å². The summed E-state index contributed by atoms with van der Waals surface area (Å²) in [5.74, 6) is 1.78. The van der Waals surface area contributed by atoms with Crippen LogP contribution in [0, 0.1) is 0 Å². The van der Waals surface area contributed by atoms with Crippen molar-refractivity contribution in [1.82, 2.24) is 14.8 Å². The summed E-state index contributed by atoms with van der Waals surface area (Å²) in [6.07, 6.45) is 1.74. The van der Waals surface area contributed by atoms with E-state index in [1.165, 1.54) is 0 Å². The molecule has 0 unspecified atom stereocenters. The number of hydrogen-bond acceptors (Lipinski definition) is 3. The van der Waals surface area contributed by atoms with Gasteiger partial charge in [-0.3, -0.25) is 0 Å². The van der Waals surface area contributed by atoms with Gasteiger partial charge in [-0.2, -0.15) is 0 Å². The molecule has 2 heterocycles. The highest BCUT2D eigenvalue weighted by molar-refractivity contribution is 5.64. The molecule has 1 aromatic carbocycles. The quantitative estimate of drug-likeness (QED) is 0.624. The SMILES string of the molecule is c1ccc2c(c1)OCCn1cnnc1-2. The van der Waals surface area contributed by atoms with E-state index in [-0.39, 0.29) is 0 Å². The summed E-state index contributed by atoms with van der Waals surface area (Å²) in [6.45, 7) is 1.47. The van der Waals surface area contributed by atoms with Gasteiger partial charge in [-0.15, -0.1) is 10.2 Å². The van der Waals surface area contributed by atoms with Crippen LogP contribution in [0.4, 0.5) is 0 Å². The zero-order valence-corrected chi connectivity index (χ0v) is 7.55. The molecule has 0 radical (unpaired) electrons. The summed E-state index contributed by atoms with van der Waals surface area (Å²) >= 11 is 0. The van der Waals surface area contributed by atoms with Gasteiger partial charge in [-0.25, -0.2) is 0 Å². The first kappa shape index (κ1) is 7.55.